The van der Waals surface area contributed by atoms with Gasteiger partial charge >= 0.3 is 0 Å². The van der Waals surface area contributed by atoms with E-state index in [2.05, 4.69) is 10.2 Å². The Morgan fingerprint density at radius 3 is 2.68 bits per heavy atom. The smallest absolute Gasteiger partial charge is 0.272 e. The lowest BCUT2D eigenvalue weighted by atomic mass is 9.98. The number of hydrogen-bond acceptors (Lipinski definition) is 3. The number of aromatic nitrogens is 2. The van der Waals surface area contributed by atoms with Crippen molar-refractivity contribution in [2.75, 3.05) is 7.11 Å². The summed E-state index contributed by atoms with van der Waals surface area (Å²) in [6.45, 7) is 1.82. The van der Waals surface area contributed by atoms with Crippen LogP contribution in [0.5, 0.6) is 5.75 Å². The molecular formula is C20H17FN2O2. The molecule has 0 aliphatic rings. The fourth-order valence-corrected chi connectivity index (χ4v) is 2.65. The Kier molecular flexibility index (Phi) is 4.75. The highest BCUT2D eigenvalue weighted by Crippen LogP contribution is 2.28. The van der Waals surface area contributed by atoms with E-state index in [-0.39, 0.29) is 11.4 Å². The van der Waals surface area contributed by atoms with Gasteiger partial charge in [0.1, 0.15) is 11.6 Å². The zero-order chi connectivity index (χ0) is 17.8. The number of benzene rings is 2. The van der Waals surface area contributed by atoms with Crippen LogP contribution in [0.25, 0.3) is 23.3 Å². The van der Waals surface area contributed by atoms with E-state index in [0.717, 1.165) is 11.1 Å². The molecule has 0 atom stereocenters. The molecule has 0 saturated heterocycles. The first-order valence-corrected chi connectivity index (χ1v) is 7.76. The van der Waals surface area contributed by atoms with Crippen LogP contribution in [0.15, 0.2) is 53.3 Å². The second-order valence-electron chi connectivity index (χ2n) is 5.55. The van der Waals surface area contributed by atoms with Gasteiger partial charge in [-0.1, -0.05) is 30.3 Å². The average molecular weight is 336 g/mol. The van der Waals surface area contributed by atoms with Crippen LogP contribution in [-0.4, -0.2) is 17.3 Å². The van der Waals surface area contributed by atoms with Crippen LogP contribution in [0.4, 0.5) is 4.39 Å². The van der Waals surface area contributed by atoms with Gasteiger partial charge < -0.3 is 4.74 Å². The maximum atomic E-state index is 13.3. The molecule has 3 aromatic rings. The summed E-state index contributed by atoms with van der Waals surface area (Å²) in [6, 6.07) is 13.6. The van der Waals surface area contributed by atoms with Crippen molar-refractivity contribution >= 4 is 12.2 Å². The van der Waals surface area contributed by atoms with E-state index < -0.39 is 0 Å². The predicted octanol–water partition coefficient (Wildman–Crippen LogP) is 4.06. The van der Waals surface area contributed by atoms with Crippen molar-refractivity contribution in [2.45, 2.75) is 6.92 Å². The molecule has 4 nitrogen and oxygen atoms in total. The lowest BCUT2D eigenvalue weighted by Crippen LogP contribution is -2.14. The van der Waals surface area contributed by atoms with Gasteiger partial charge in [-0.25, -0.2) is 9.49 Å². The third-order valence-corrected chi connectivity index (χ3v) is 3.85. The molecule has 0 aliphatic heterocycles. The van der Waals surface area contributed by atoms with E-state index in [4.69, 9.17) is 4.74 Å². The Bertz CT molecular complexity index is 993. The Labute approximate surface area is 144 Å². The number of aromatic amines is 1. The zero-order valence-corrected chi connectivity index (χ0v) is 13.9. The third-order valence-electron chi connectivity index (χ3n) is 3.85. The second kappa shape index (κ2) is 7.13. The normalized spacial score (nSPS) is 11.0. The molecule has 0 bridgehead atoms. The third kappa shape index (κ3) is 3.66. The molecule has 0 radical (unpaired) electrons. The Morgan fingerprint density at radius 2 is 1.92 bits per heavy atom. The summed E-state index contributed by atoms with van der Waals surface area (Å²) >= 11 is 0. The number of halogens is 1. The summed E-state index contributed by atoms with van der Waals surface area (Å²) in [5.41, 5.74) is 3.06. The van der Waals surface area contributed by atoms with Crippen molar-refractivity contribution in [3.05, 3.63) is 81.5 Å². The van der Waals surface area contributed by atoms with Gasteiger partial charge in [-0.15, -0.1) is 0 Å². The SMILES string of the molecule is COc1cccc(-c2c(C)n[nH]c(=O)c2/C=C/c2cccc(F)c2)c1. The topological polar surface area (TPSA) is 55.0 Å². The summed E-state index contributed by atoms with van der Waals surface area (Å²) in [5, 5.41) is 6.56. The Morgan fingerprint density at radius 1 is 1.12 bits per heavy atom. The number of aryl methyl sites for hydroxylation is 1. The van der Waals surface area contributed by atoms with Crippen LogP contribution in [0.2, 0.25) is 0 Å². The van der Waals surface area contributed by atoms with E-state index in [1.54, 1.807) is 31.4 Å². The summed E-state index contributed by atoms with van der Waals surface area (Å²) in [4.78, 5) is 12.3. The molecule has 0 spiro atoms. The Hall–Kier alpha value is -3.21. The summed E-state index contributed by atoms with van der Waals surface area (Å²) in [5.74, 6) is 0.368. The summed E-state index contributed by atoms with van der Waals surface area (Å²) in [6.07, 6.45) is 3.38. The maximum absolute atomic E-state index is 13.3. The highest BCUT2D eigenvalue weighted by atomic mass is 19.1. The highest BCUT2D eigenvalue weighted by molar-refractivity contribution is 5.81. The minimum atomic E-state index is -0.324. The van der Waals surface area contributed by atoms with Crippen LogP contribution >= 0.6 is 0 Å². The van der Waals surface area contributed by atoms with Crippen LogP contribution in [0.3, 0.4) is 0 Å². The number of nitrogens with zero attached hydrogens (tertiary/aromatic N) is 1. The molecule has 2 aromatic carbocycles. The van der Waals surface area contributed by atoms with E-state index in [0.29, 0.717) is 22.6 Å². The van der Waals surface area contributed by atoms with Gasteiger partial charge in [0, 0.05) is 5.56 Å². The van der Waals surface area contributed by atoms with Gasteiger partial charge in [0.25, 0.3) is 5.56 Å². The molecule has 1 aromatic heterocycles. The largest absolute Gasteiger partial charge is 0.497 e. The van der Waals surface area contributed by atoms with Gasteiger partial charge in [0.15, 0.2) is 0 Å². The molecule has 0 unspecified atom stereocenters. The van der Waals surface area contributed by atoms with Gasteiger partial charge in [-0.3, -0.25) is 4.79 Å². The van der Waals surface area contributed by atoms with Crippen molar-refractivity contribution in [3.63, 3.8) is 0 Å². The number of ether oxygens (including phenoxy) is 1. The standard InChI is InChI=1S/C20H17FN2O2/c1-13-19(15-6-4-8-17(12-15)25-2)18(20(24)23-22-13)10-9-14-5-3-7-16(21)11-14/h3-12H,1-2H3,(H,23,24)/b10-9+. The van der Waals surface area contributed by atoms with Crippen molar-refractivity contribution in [3.8, 4) is 16.9 Å². The number of nitrogens with one attached hydrogen (secondary N) is 1. The zero-order valence-electron chi connectivity index (χ0n) is 13.9. The number of H-pyrrole nitrogens is 1. The van der Waals surface area contributed by atoms with E-state index in [9.17, 15) is 9.18 Å². The molecule has 1 heterocycles. The number of rotatable bonds is 4. The molecular weight excluding hydrogens is 319 g/mol. The lowest BCUT2D eigenvalue weighted by molar-refractivity contribution is 0.415. The van der Waals surface area contributed by atoms with Crippen molar-refractivity contribution in [2.24, 2.45) is 0 Å². The van der Waals surface area contributed by atoms with Crippen LogP contribution in [-0.2, 0) is 0 Å². The van der Waals surface area contributed by atoms with Crippen LogP contribution in [0, 0.1) is 12.7 Å². The first-order valence-electron chi connectivity index (χ1n) is 7.76. The number of methoxy groups -OCH3 is 1. The average Bonchev–Trinajstić information content (AvgIpc) is 2.62. The molecule has 1 N–H and O–H groups in total. The van der Waals surface area contributed by atoms with Crippen LogP contribution in [0.1, 0.15) is 16.8 Å². The van der Waals surface area contributed by atoms with Gasteiger partial charge in [0.2, 0.25) is 0 Å². The summed E-state index contributed by atoms with van der Waals surface area (Å²) in [7, 11) is 1.59. The van der Waals surface area contributed by atoms with E-state index in [1.165, 1.54) is 12.1 Å². The molecule has 0 saturated carbocycles. The van der Waals surface area contributed by atoms with E-state index in [1.807, 2.05) is 31.2 Å². The fourth-order valence-electron chi connectivity index (χ4n) is 2.65. The summed E-state index contributed by atoms with van der Waals surface area (Å²) < 4.78 is 18.6. The van der Waals surface area contributed by atoms with Crippen molar-refractivity contribution < 1.29 is 9.13 Å². The van der Waals surface area contributed by atoms with Crippen molar-refractivity contribution in [1.29, 1.82) is 0 Å². The molecule has 3 rings (SSSR count). The second-order valence-corrected chi connectivity index (χ2v) is 5.55. The van der Waals surface area contributed by atoms with Crippen LogP contribution < -0.4 is 10.3 Å². The molecule has 0 fully saturated rings. The fraction of sp³-hybridized carbons (Fsp3) is 0.100. The molecule has 126 valence electrons. The number of hydrogen-bond donors (Lipinski definition) is 1. The minimum absolute atomic E-state index is 0.309. The molecule has 0 amide bonds. The van der Waals surface area contributed by atoms with E-state index >= 15 is 0 Å². The first kappa shape index (κ1) is 16.6. The molecule has 25 heavy (non-hydrogen) atoms. The quantitative estimate of drug-likeness (QED) is 0.781. The highest BCUT2D eigenvalue weighted by Gasteiger charge is 2.12. The monoisotopic (exact) mass is 336 g/mol. The van der Waals surface area contributed by atoms with Gasteiger partial charge in [-0.05, 0) is 48.4 Å². The Balaban J connectivity index is 2.13. The van der Waals surface area contributed by atoms with Gasteiger partial charge in [-0.2, -0.15) is 5.10 Å². The minimum Gasteiger partial charge on any atom is -0.497 e. The maximum Gasteiger partial charge on any atom is 0.272 e. The van der Waals surface area contributed by atoms with Crippen molar-refractivity contribution in [1.82, 2.24) is 10.2 Å². The lowest BCUT2D eigenvalue weighted by Gasteiger charge is -2.10. The first-order chi connectivity index (χ1) is 12.1. The predicted molar refractivity (Wildman–Crippen MR) is 96.9 cm³/mol. The van der Waals surface area contributed by atoms with Gasteiger partial charge in [0.05, 0.1) is 18.4 Å². The molecule has 5 heteroatoms. The molecule has 0 aliphatic carbocycles.